The highest BCUT2D eigenvalue weighted by molar-refractivity contribution is 6.32. The van der Waals surface area contributed by atoms with Gasteiger partial charge >= 0.3 is 0 Å². The minimum atomic E-state index is -0.342. The van der Waals surface area contributed by atoms with Gasteiger partial charge in [0.1, 0.15) is 5.75 Å². The van der Waals surface area contributed by atoms with Crippen LogP contribution in [0.5, 0.6) is 5.75 Å². The number of nitrogens with zero attached hydrogens (tertiary/aromatic N) is 1. The van der Waals surface area contributed by atoms with Crippen molar-refractivity contribution in [2.75, 3.05) is 20.2 Å². The van der Waals surface area contributed by atoms with Crippen LogP contribution in [0.2, 0.25) is 5.02 Å². The predicted octanol–water partition coefficient (Wildman–Crippen LogP) is 3.76. The zero-order valence-corrected chi connectivity index (χ0v) is 16.8. The van der Waals surface area contributed by atoms with E-state index in [1.165, 1.54) is 4.90 Å². The van der Waals surface area contributed by atoms with Crippen molar-refractivity contribution >= 4 is 23.4 Å². The van der Waals surface area contributed by atoms with Crippen LogP contribution in [0.4, 0.5) is 0 Å². The summed E-state index contributed by atoms with van der Waals surface area (Å²) < 4.78 is 5.54. The van der Waals surface area contributed by atoms with Crippen LogP contribution in [-0.4, -0.2) is 42.5 Å². The number of nitrogens with one attached hydrogen (secondary N) is 1. The Morgan fingerprint density at radius 1 is 1.07 bits per heavy atom. The minimum Gasteiger partial charge on any atom is -0.482 e. The van der Waals surface area contributed by atoms with Gasteiger partial charge in [0, 0.05) is 12.6 Å². The summed E-state index contributed by atoms with van der Waals surface area (Å²) in [6.07, 6.45) is 0. The minimum absolute atomic E-state index is 0.0276. The monoisotopic (exact) mass is 388 g/mol. The molecule has 0 unspecified atom stereocenters. The van der Waals surface area contributed by atoms with Gasteiger partial charge in [0.15, 0.2) is 6.61 Å². The van der Waals surface area contributed by atoms with Crippen LogP contribution in [0.15, 0.2) is 48.5 Å². The van der Waals surface area contributed by atoms with Crippen LogP contribution in [0.25, 0.3) is 11.1 Å². The van der Waals surface area contributed by atoms with E-state index in [4.69, 9.17) is 16.3 Å². The van der Waals surface area contributed by atoms with E-state index < -0.39 is 0 Å². The third-order valence-corrected chi connectivity index (χ3v) is 4.01. The molecule has 1 N–H and O–H groups in total. The first kappa shape index (κ1) is 20.8. The number of halogens is 1. The molecule has 144 valence electrons. The van der Waals surface area contributed by atoms with Crippen LogP contribution in [0, 0.1) is 0 Å². The third-order valence-electron chi connectivity index (χ3n) is 3.71. The fraction of sp³-hybridized carbons (Fsp3) is 0.333. The number of hydrogen-bond acceptors (Lipinski definition) is 3. The van der Waals surface area contributed by atoms with Crippen molar-refractivity contribution in [3.63, 3.8) is 0 Å². The molecule has 27 heavy (non-hydrogen) atoms. The number of amides is 2. The standard InChI is InChI=1S/C21H25ClN2O3/c1-21(2,3)23-19(25)13-24(4)20(26)14-27-18-11-10-16(12-17(18)22)15-8-6-5-7-9-15/h5-12H,13-14H2,1-4H3,(H,23,25). The molecule has 0 atom stereocenters. The van der Waals surface area contributed by atoms with Crippen molar-refractivity contribution in [1.82, 2.24) is 10.2 Å². The Bertz CT molecular complexity index is 801. The second-order valence-electron chi connectivity index (χ2n) is 7.35. The molecule has 2 aromatic carbocycles. The van der Waals surface area contributed by atoms with Gasteiger partial charge in [-0.05, 0) is 44.0 Å². The first-order valence-electron chi connectivity index (χ1n) is 8.68. The Labute approximate surface area is 165 Å². The molecule has 0 aromatic heterocycles. The first-order valence-corrected chi connectivity index (χ1v) is 9.06. The van der Waals surface area contributed by atoms with Crippen LogP contribution >= 0.6 is 11.6 Å². The molecule has 0 fully saturated rings. The van der Waals surface area contributed by atoms with Gasteiger partial charge in [-0.25, -0.2) is 0 Å². The van der Waals surface area contributed by atoms with E-state index >= 15 is 0 Å². The Hall–Kier alpha value is -2.53. The second-order valence-corrected chi connectivity index (χ2v) is 7.76. The van der Waals surface area contributed by atoms with E-state index in [2.05, 4.69) is 5.32 Å². The average Bonchev–Trinajstić information content (AvgIpc) is 2.59. The Kier molecular flexibility index (Phi) is 6.86. The largest absolute Gasteiger partial charge is 0.482 e. The number of benzene rings is 2. The average molecular weight is 389 g/mol. The Morgan fingerprint density at radius 3 is 2.33 bits per heavy atom. The molecule has 0 heterocycles. The maximum Gasteiger partial charge on any atom is 0.260 e. The lowest BCUT2D eigenvalue weighted by Gasteiger charge is -2.23. The maximum absolute atomic E-state index is 12.2. The molecule has 2 rings (SSSR count). The number of carbonyl (C=O) groups is 2. The topological polar surface area (TPSA) is 58.6 Å². The van der Waals surface area contributed by atoms with Crippen molar-refractivity contribution in [3.05, 3.63) is 53.6 Å². The summed E-state index contributed by atoms with van der Waals surface area (Å²) >= 11 is 6.29. The van der Waals surface area contributed by atoms with E-state index in [9.17, 15) is 9.59 Å². The summed E-state index contributed by atoms with van der Waals surface area (Å²) in [6.45, 7) is 5.44. The number of hydrogen-bond donors (Lipinski definition) is 1. The normalized spacial score (nSPS) is 11.0. The summed E-state index contributed by atoms with van der Waals surface area (Å²) in [7, 11) is 1.56. The van der Waals surface area contributed by atoms with Gasteiger partial charge in [0.25, 0.3) is 5.91 Å². The fourth-order valence-electron chi connectivity index (χ4n) is 2.44. The highest BCUT2D eigenvalue weighted by Crippen LogP contribution is 2.30. The number of rotatable bonds is 6. The van der Waals surface area contributed by atoms with Gasteiger partial charge in [-0.1, -0.05) is 48.0 Å². The lowest BCUT2D eigenvalue weighted by atomic mass is 10.1. The van der Waals surface area contributed by atoms with Crippen molar-refractivity contribution in [1.29, 1.82) is 0 Å². The van der Waals surface area contributed by atoms with Crippen molar-refractivity contribution in [3.8, 4) is 16.9 Å². The highest BCUT2D eigenvalue weighted by Gasteiger charge is 2.18. The molecule has 0 saturated heterocycles. The van der Waals surface area contributed by atoms with Gasteiger partial charge in [-0.3, -0.25) is 9.59 Å². The van der Waals surface area contributed by atoms with Gasteiger partial charge in [0.05, 0.1) is 11.6 Å². The van der Waals surface area contributed by atoms with Gasteiger partial charge in [0.2, 0.25) is 5.91 Å². The van der Waals surface area contributed by atoms with Crippen LogP contribution in [-0.2, 0) is 9.59 Å². The van der Waals surface area contributed by atoms with Gasteiger partial charge < -0.3 is 15.0 Å². The molecule has 0 radical (unpaired) electrons. The van der Waals surface area contributed by atoms with Crippen molar-refractivity contribution in [2.45, 2.75) is 26.3 Å². The molecule has 2 amide bonds. The lowest BCUT2D eigenvalue weighted by molar-refractivity contribution is -0.136. The summed E-state index contributed by atoms with van der Waals surface area (Å²) in [5.74, 6) is -0.0944. The number of ether oxygens (including phenoxy) is 1. The number of likely N-dealkylation sites (N-methyl/N-ethyl adjacent to an activating group) is 1. The lowest BCUT2D eigenvalue weighted by Crippen LogP contribution is -2.47. The smallest absolute Gasteiger partial charge is 0.260 e. The van der Waals surface area contributed by atoms with Gasteiger partial charge in [-0.2, -0.15) is 0 Å². The molecule has 2 aromatic rings. The van der Waals surface area contributed by atoms with Crippen molar-refractivity contribution in [2.24, 2.45) is 0 Å². The molecular formula is C21H25ClN2O3. The molecule has 0 saturated carbocycles. The first-order chi connectivity index (χ1) is 12.7. The second kappa shape index (κ2) is 8.91. The molecule has 0 spiro atoms. The van der Waals surface area contributed by atoms with Crippen LogP contribution < -0.4 is 10.1 Å². The Morgan fingerprint density at radius 2 is 1.74 bits per heavy atom. The molecule has 0 aliphatic carbocycles. The SMILES string of the molecule is CN(CC(=O)NC(C)(C)C)C(=O)COc1ccc(-c2ccccc2)cc1Cl. The summed E-state index contributed by atoms with van der Waals surface area (Å²) in [6, 6.07) is 15.3. The van der Waals surface area contributed by atoms with Crippen LogP contribution in [0.3, 0.4) is 0 Å². The highest BCUT2D eigenvalue weighted by atomic mass is 35.5. The maximum atomic E-state index is 12.2. The predicted molar refractivity (Wildman–Crippen MR) is 108 cm³/mol. The van der Waals surface area contributed by atoms with Gasteiger partial charge in [-0.15, -0.1) is 0 Å². The summed E-state index contributed by atoms with van der Waals surface area (Å²) in [5.41, 5.74) is 1.67. The molecule has 5 nitrogen and oxygen atoms in total. The van der Waals surface area contributed by atoms with E-state index in [-0.39, 0.29) is 30.5 Å². The van der Waals surface area contributed by atoms with E-state index in [0.717, 1.165) is 11.1 Å². The van der Waals surface area contributed by atoms with Crippen LogP contribution in [0.1, 0.15) is 20.8 Å². The fourth-order valence-corrected chi connectivity index (χ4v) is 2.67. The summed E-state index contributed by atoms with van der Waals surface area (Å²) in [5, 5.41) is 3.24. The van der Waals surface area contributed by atoms with E-state index in [1.54, 1.807) is 19.2 Å². The zero-order valence-electron chi connectivity index (χ0n) is 16.1. The van der Waals surface area contributed by atoms with E-state index in [1.807, 2.05) is 57.2 Å². The summed E-state index contributed by atoms with van der Waals surface area (Å²) in [4.78, 5) is 25.4. The molecule has 0 bridgehead atoms. The number of carbonyl (C=O) groups excluding carboxylic acids is 2. The molecular weight excluding hydrogens is 364 g/mol. The molecule has 6 heteroatoms. The Balaban J connectivity index is 1.92. The molecule has 0 aliphatic heterocycles. The molecule has 0 aliphatic rings. The quantitative estimate of drug-likeness (QED) is 0.819. The van der Waals surface area contributed by atoms with Crippen molar-refractivity contribution < 1.29 is 14.3 Å². The van der Waals surface area contributed by atoms with E-state index in [0.29, 0.717) is 10.8 Å². The third kappa shape index (κ3) is 6.61. The zero-order chi connectivity index (χ0) is 20.0.